The van der Waals surface area contributed by atoms with E-state index in [2.05, 4.69) is 25.5 Å². The zero-order valence-electron chi connectivity index (χ0n) is 13.2. The molecule has 22 heavy (non-hydrogen) atoms. The van der Waals surface area contributed by atoms with Crippen molar-refractivity contribution in [2.45, 2.75) is 39.2 Å². The Balaban J connectivity index is 2.01. The van der Waals surface area contributed by atoms with Crippen LogP contribution < -0.4 is 10.6 Å². The van der Waals surface area contributed by atoms with Gasteiger partial charge >= 0.3 is 5.69 Å². The number of piperidine rings is 1. The van der Waals surface area contributed by atoms with Gasteiger partial charge in [-0.3, -0.25) is 10.1 Å². The molecule has 0 unspecified atom stereocenters. The van der Waals surface area contributed by atoms with Crippen LogP contribution in [-0.2, 0) is 0 Å². The molecule has 8 heteroatoms. The van der Waals surface area contributed by atoms with Gasteiger partial charge in [0.15, 0.2) is 0 Å². The summed E-state index contributed by atoms with van der Waals surface area (Å²) in [4.78, 5) is 21.3. The van der Waals surface area contributed by atoms with Crippen LogP contribution in [0.5, 0.6) is 0 Å². The summed E-state index contributed by atoms with van der Waals surface area (Å²) in [6.07, 6.45) is 5.11. The minimum atomic E-state index is -0.437. The van der Waals surface area contributed by atoms with E-state index in [1.54, 1.807) is 0 Å². The van der Waals surface area contributed by atoms with Gasteiger partial charge in [-0.2, -0.15) is 0 Å². The van der Waals surface area contributed by atoms with E-state index < -0.39 is 4.92 Å². The lowest BCUT2D eigenvalue weighted by molar-refractivity contribution is -0.383. The number of rotatable bonds is 7. The van der Waals surface area contributed by atoms with Gasteiger partial charge in [0, 0.05) is 19.1 Å². The second-order valence-electron chi connectivity index (χ2n) is 5.80. The van der Waals surface area contributed by atoms with Crippen LogP contribution >= 0.6 is 0 Å². The minimum Gasteiger partial charge on any atom is -0.363 e. The van der Waals surface area contributed by atoms with Crippen molar-refractivity contribution in [3.8, 4) is 0 Å². The second-order valence-corrected chi connectivity index (χ2v) is 5.80. The topological polar surface area (TPSA) is 96.2 Å². The molecule has 2 heterocycles. The van der Waals surface area contributed by atoms with Gasteiger partial charge in [0.05, 0.1) is 4.92 Å². The molecule has 122 valence electrons. The van der Waals surface area contributed by atoms with Gasteiger partial charge in [-0.1, -0.05) is 6.42 Å². The molecular weight excluding hydrogens is 284 g/mol. The summed E-state index contributed by atoms with van der Waals surface area (Å²) in [5.74, 6) is 0.538. The SMILES string of the molecule is CC(C)Nc1ncnc(NCCN2CCCCC2)c1[N+](=O)[O-]. The molecule has 0 spiro atoms. The summed E-state index contributed by atoms with van der Waals surface area (Å²) in [6.45, 7) is 7.54. The summed E-state index contributed by atoms with van der Waals surface area (Å²) < 4.78 is 0. The first kappa shape index (κ1) is 16.4. The highest BCUT2D eigenvalue weighted by molar-refractivity contribution is 5.69. The third-order valence-corrected chi connectivity index (χ3v) is 3.60. The van der Waals surface area contributed by atoms with Crippen LogP contribution in [0.3, 0.4) is 0 Å². The Kier molecular flexibility index (Phi) is 5.88. The molecule has 0 aromatic carbocycles. The predicted molar refractivity (Wildman–Crippen MR) is 86.2 cm³/mol. The standard InChI is InChI=1S/C14H24N6O2/c1-11(2)18-14-12(20(21)22)13(16-10-17-14)15-6-9-19-7-4-3-5-8-19/h10-11H,3-9H2,1-2H3,(H2,15,16,17,18). The highest BCUT2D eigenvalue weighted by Gasteiger charge is 2.23. The van der Waals surface area contributed by atoms with Gasteiger partial charge in [-0.05, 0) is 39.8 Å². The zero-order chi connectivity index (χ0) is 15.9. The van der Waals surface area contributed by atoms with Crippen molar-refractivity contribution in [1.82, 2.24) is 14.9 Å². The Labute approximate surface area is 130 Å². The fourth-order valence-corrected chi connectivity index (χ4v) is 2.58. The normalized spacial score (nSPS) is 15.8. The molecule has 1 aliphatic rings. The largest absolute Gasteiger partial charge is 0.363 e. The van der Waals surface area contributed by atoms with Crippen molar-refractivity contribution < 1.29 is 4.92 Å². The van der Waals surface area contributed by atoms with E-state index in [1.165, 1.54) is 25.6 Å². The molecule has 1 aliphatic heterocycles. The van der Waals surface area contributed by atoms with Crippen molar-refractivity contribution in [2.75, 3.05) is 36.8 Å². The molecule has 0 radical (unpaired) electrons. The van der Waals surface area contributed by atoms with E-state index in [4.69, 9.17) is 0 Å². The maximum absolute atomic E-state index is 11.3. The number of anilines is 2. The number of hydrogen-bond donors (Lipinski definition) is 2. The fraction of sp³-hybridized carbons (Fsp3) is 0.714. The molecule has 0 bridgehead atoms. The maximum atomic E-state index is 11.3. The minimum absolute atomic E-state index is 0.0646. The first-order valence-electron chi connectivity index (χ1n) is 7.80. The Morgan fingerprint density at radius 3 is 2.59 bits per heavy atom. The summed E-state index contributed by atoms with van der Waals surface area (Å²) in [7, 11) is 0. The van der Waals surface area contributed by atoms with Gasteiger partial charge < -0.3 is 15.5 Å². The van der Waals surface area contributed by atoms with Gasteiger partial charge in [0.25, 0.3) is 0 Å². The van der Waals surface area contributed by atoms with E-state index in [-0.39, 0.29) is 23.4 Å². The lowest BCUT2D eigenvalue weighted by Crippen LogP contribution is -2.33. The molecule has 2 rings (SSSR count). The van der Waals surface area contributed by atoms with Gasteiger partial charge in [-0.25, -0.2) is 9.97 Å². The van der Waals surface area contributed by atoms with Crippen LogP contribution in [0.25, 0.3) is 0 Å². The molecule has 2 N–H and O–H groups in total. The van der Waals surface area contributed by atoms with Gasteiger partial charge in [0.2, 0.25) is 11.6 Å². The predicted octanol–water partition coefficient (Wildman–Crippen LogP) is 2.10. The highest BCUT2D eigenvalue weighted by atomic mass is 16.6. The first-order chi connectivity index (χ1) is 10.6. The highest BCUT2D eigenvalue weighted by Crippen LogP contribution is 2.29. The van der Waals surface area contributed by atoms with Crippen molar-refractivity contribution >= 4 is 17.3 Å². The van der Waals surface area contributed by atoms with E-state index in [0.29, 0.717) is 6.54 Å². The third kappa shape index (κ3) is 4.52. The quantitative estimate of drug-likeness (QED) is 0.588. The summed E-state index contributed by atoms with van der Waals surface area (Å²) in [5, 5.41) is 17.4. The summed E-state index contributed by atoms with van der Waals surface area (Å²) in [5.41, 5.74) is -0.0881. The van der Waals surface area contributed by atoms with Crippen LogP contribution in [0.1, 0.15) is 33.1 Å². The molecule has 1 aromatic rings. The molecule has 0 aliphatic carbocycles. The number of nitrogens with zero attached hydrogens (tertiary/aromatic N) is 4. The molecular formula is C14H24N6O2. The molecule has 1 aromatic heterocycles. The van der Waals surface area contributed by atoms with E-state index in [0.717, 1.165) is 19.6 Å². The fourth-order valence-electron chi connectivity index (χ4n) is 2.58. The van der Waals surface area contributed by atoms with Gasteiger partial charge in [0.1, 0.15) is 6.33 Å². The van der Waals surface area contributed by atoms with Crippen LogP contribution in [0, 0.1) is 10.1 Å². The third-order valence-electron chi connectivity index (χ3n) is 3.60. The van der Waals surface area contributed by atoms with Crippen molar-refractivity contribution in [1.29, 1.82) is 0 Å². The molecule has 1 saturated heterocycles. The number of hydrogen-bond acceptors (Lipinski definition) is 7. The van der Waals surface area contributed by atoms with Crippen LogP contribution in [-0.4, -0.2) is 52.0 Å². The van der Waals surface area contributed by atoms with Crippen molar-refractivity contribution in [2.24, 2.45) is 0 Å². The second kappa shape index (κ2) is 7.88. The lowest BCUT2D eigenvalue weighted by atomic mass is 10.1. The smallest absolute Gasteiger partial charge is 0.353 e. The Morgan fingerprint density at radius 1 is 1.27 bits per heavy atom. The average molecular weight is 308 g/mol. The molecule has 0 saturated carbocycles. The molecule has 8 nitrogen and oxygen atoms in total. The summed E-state index contributed by atoms with van der Waals surface area (Å²) in [6, 6.07) is 0.0646. The number of likely N-dealkylation sites (tertiary alicyclic amines) is 1. The molecule has 1 fully saturated rings. The molecule has 0 atom stereocenters. The van der Waals surface area contributed by atoms with Crippen molar-refractivity contribution in [3.63, 3.8) is 0 Å². The summed E-state index contributed by atoms with van der Waals surface area (Å²) >= 11 is 0. The molecule has 0 amide bonds. The van der Waals surface area contributed by atoms with Gasteiger partial charge in [-0.15, -0.1) is 0 Å². The monoisotopic (exact) mass is 308 g/mol. The first-order valence-corrected chi connectivity index (χ1v) is 7.80. The van der Waals surface area contributed by atoms with E-state index >= 15 is 0 Å². The maximum Gasteiger partial charge on any atom is 0.353 e. The van der Waals surface area contributed by atoms with E-state index in [1.807, 2.05) is 13.8 Å². The van der Waals surface area contributed by atoms with Crippen LogP contribution in [0.4, 0.5) is 17.3 Å². The number of aromatic nitrogens is 2. The lowest BCUT2D eigenvalue weighted by Gasteiger charge is -2.26. The van der Waals surface area contributed by atoms with Crippen LogP contribution in [0.2, 0.25) is 0 Å². The Hall–Kier alpha value is -1.96. The number of nitrogens with one attached hydrogen (secondary N) is 2. The van der Waals surface area contributed by atoms with Crippen molar-refractivity contribution in [3.05, 3.63) is 16.4 Å². The average Bonchev–Trinajstić information content (AvgIpc) is 2.47. The zero-order valence-corrected chi connectivity index (χ0v) is 13.2. The Morgan fingerprint density at radius 2 is 1.95 bits per heavy atom. The number of nitro groups is 1. The Bertz CT molecular complexity index is 502. The van der Waals surface area contributed by atoms with Crippen LogP contribution in [0.15, 0.2) is 6.33 Å². The van der Waals surface area contributed by atoms with E-state index in [9.17, 15) is 10.1 Å².